The maximum atomic E-state index is 14.5. The number of halogens is 6. The number of fused-ring (bicyclic) bond motifs is 3. The molecule has 14 heteroatoms. The van der Waals surface area contributed by atoms with Crippen molar-refractivity contribution in [1.82, 2.24) is 14.8 Å². The standard InChI is InChI=1S/C22H14ClF5N4O4/c1-35-14-4-2-3-11(17(14)23)18-12-7-10(9-29)5-6-13(12)32-19(15(36-18)8-16(33)34)30-31-20(32)21(24,25)22(26,27)28/h2-7,15,18H,8H2,1H3,(H,33,34)/t15-,18-/m0/s1. The molecule has 2 atom stereocenters. The Hall–Kier alpha value is -3.76. The lowest BCUT2D eigenvalue weighted by Gasteiger charge is -2.23. The third kappa shape index (κ3) is 4.12. The first-order valence-electron chi connectivity index (χ1n) is 10.0. The summed E-state index contributed by atoms with van der Waals surface area (Å²) in [6, 6.07) is 9.93. The SMILES string of the molecule is COc1cccc([C@@H]2O[C@@H](CC(=O)O)c3nnc(C(F)(F)C(F)(F)F)n3-c3ccc(C#N)cc32)c1Cl. The molecule has 0 radical (unpaired) electrons. The maximum Gasteiger partial charge on any atom is 0.461 e. The molecule has 1 N–H and O–H groups in total. The van der Waals surface area contributed by atoms with E-state index in [2.05, 4.69) is 10.2 Å². The van der Waals surface area contributed by atoms with E-state index in [9.17, 15) is 37.1 Å². The Morgan fingerprint density at radius 3 is 2.56 bits per heavy atom. The van der Waals surface area contributed by atoms with Crippen molar-refractivity contribution in [1.29, 1.82) is 5.26 Å². The number of carbonyl (C=O) groups is 1. The topological polar surface area (TPSA) is 110 Å². The number of rotatable bonds is 5. The number of methoxy groups -OCH3 is 1. The van der Waals surface area contributed by atoms with E-state index < -0.39 is 48.3 Å². The summed E-state index contributed by atoms with van der Waals surface area (Å²) in [5, 5.41) is 25.4. The average Bonchev–Trinajstić information content (AvgIpc) is 3.22. The molecule has 0 fully saturated rings. The Bertz CT molecular complexity index is 1390. The molecule has 0 saturated heterocycles. The van der Waals surface area contributed by atoms with Crippen LogP contribution in [-0.2, 0) is 15.5 Å². The zero-order valence-corrected chi connectivity index (χ0v) is 18.8. The monoisotopic (exact) mass is 528 g/mol. The molecule has 3 aromatic rings. The molecule has 36 heavy (non-hydrogen) atoms. The normalized spacial score (nSPS) is 17.5. The summed E-state index contributed by atoms with van der Waals surface area (Å²) in [5.74, 6) is -9.09. The van der Waals surface area contributed by atoms with Gasteiger partial charge in [0.2, 0.25) is 5.82 Å². The molecule has 0 bridgehead atoms. The van der Waals surface area contributed by atoms with Gasteiger partial charge in [0.25, 0.3) is 0 Å². The lowest BCUT2D eigenvalue weighted by molar-refractivity contribution is -0.293. The Morgan fingerprint density at radius 2 is 1.94 bits per heavy atom. The van der Waals surface area contributed by atoms with Gasteiger partial charge in [0.05, 0.1) is 35.9 Å². The molecule has 1 aliphatic heterocycles. The minimum atomic E-state index is -6.03. The second-order valence-corrected chi connectivity index (χ2v) is 8.02. The van der Waals surface area contributed by atoms with Gasteiger partial charge in [-0.25, -0.2) is 0 Å². The van der Waals surface area contributed by atoms with Gasteiger partial charge in [-0.3, -0.25) is 9.36 Å². The summed E-state index contributed by atoms with van der Waals surface area (Å²) >= 11 is 6.45. The van der Waals surface area contributed by atoms with Crippen molar-refractivity contribution in [2.45, 2.75) is 30.7 Å². The highest BCUT2D eigenvalue weighted by Gasteiger charge is 2.63. The van der Waals surface area contributed by atoms with Gasteiger partial charge >= 0.3 is 18.1 Å². The van der Waals surface area contributed by atoms with E-state index >= 15 is 0 Å². The van der Waals surface area contributed by atoms with E-state index in [0.29, 0.717) is 4.57 Å². The second-order valence-electron chi connectivity index (χ2n) is 7.64. The number of hydrogen-bond donors (Lipinski definition) is 1. The fourth-order valence-electron chi connectivity index (χ4n) is 3.84. The van der Waals surface area contributed by atoms with Crippen molar-refractivity contribution in [3.05, 3.63) is 69.8 Å². The van der Waals surface area contributed by atoms with Crippen molar-refractivity contribution in [3.63, 3.8) is 0 Å². The molecule has 0 spiro atoms. The number of ether oxygens (including phenoxy) is 2. The predicted molar refractivity (Wildman–Crippen MR) is 112 cm³/mol. The van der Waals surface area contributed by atoms with Crippen LogP contribution >= 0.6 is 11.6 Å². The lowest BCUT2D eigenvalue weighted by Crippen LogP contribution is -2.36. The molecule has 0 saturated carbocycles. The summed E-state index contributed by atoms with van der Waals surface area (Å²) in [7, 11) is 1.33. The van der Waals surface area contributed by atoms with Crippen LogP contribution < -0.4 is 4.74 Å². The second kappa shape index (κ2) is 9.03. The lowest BCUT2D eigenvalue weighted by atomic mass is 9.97. The zero-order valence-electron chi connectivity index (χ0n) is 18.1. The third-order valence-corrected chi connectivity index (χ3v) is 5.85. The van der Waals surface area contributed by atoms with E-state index in [-0.39, 0.29) is 33.1 Å². The molecule has 1 aromatic heterocycles. The first kappa shape index (κ1) is 25.3. The third-order valence-electron chi connectivity index (χ3n) is 5.45. The van der Waals surface area contributed by atoms with Gasteiger partial charge in [-0.1, -0.05) is 23.7 Å². The quantitative estimate of drug-likeness (QED) is 0.459. The average molecular weight is 529 g/mol. The molecule has 0 unspecified atom stereocenters. The summed E-state index contributed by atoms with van der Waals surface area (Å²) < 4.78 is 80.6. The largest absolute Gasteiger partial charge is 0.495 e. The van der Waals surface area contributed by atoms with E-state index in [4.69, 9.17) is 21.1 Å². The molecule has 1 aliphatic rings. The van der Waals surface area contributed by atoms with Crippen molar-refractivity contribution >= 4 is 17.6 Å². The Balaban J connectivity index is 2.07. The Morgan fingerprint density at radius 1 is 1.22 bits per heavy atom. The van der Waals surface area contributed by atoms with Crippen LogP contribution in [0, 0.1) is 11.3 Å². The number of carboxylic acid groups (broad SMARTS) is 1. The number of carboxylic acids is 1. The van der Waals surface area contributed by atoms with E-state index in [1.807, 2.05) is 6.07 Å². The van der Waals surface area contributed by atoms with E-state index in [1.165, 1.54) is 37.4 Å². The first-order valence-corrected chi connectivity index (χ1v) is 10.4. The van der Waals surface area contributed by atoms with Crippen molar-refractivity contribution in [2.75, 3.05) is 7.11 Å². The van der Waals surface area contributed by atoms with Crippen LogP contribution in [0.1, 0.15) is 47.0 Å². The number of aromatic nitrogens is 3. The first-order chi connectivity index (χ1) is 16.9. The van der Waals surface area contributed by atoms with Crippen molar-refractivity contribution < 1.29 is 41.3 Å². The van der Waals surface area contributed by atoms with Crippen LogP contribution in [0.2, 0.25) is 5.02 Å². The molecule has 188 valence electrons. The number of aliphatic carboxylic acids is 1. The fourth-order valence-corrected chi connectivity index (χ4v) is 4.14. The van der Waals surface area contributed by atoms with Crippen LogP contribution in [0.4, 0.5) is 22.0 Å². The smallest absolute Gasteiger partial charge is 0.461 e. The van der Waals surface area contributed by atoms with Gasteiger partial charge in [0.15, 0.2) is 5.82 Å². The number of nitrogens with zero attached hydrogens (tertiary/aromatic N) is 4. The number of nitriles is 1. The molecule has 4 rings (SSSR count). The maximum absolute atomic E-state index is 14.5. The molecule has 0 amide bonds. The van der Waals surface area contributed by atoms with Gasteiger partial charge < -0.3 is 14.6 Å². The molecule has 2 aromatic carbocycles. The van der Waals surface area contributed by atoms with E-state index in [0.717, 1.165) is 6.07 Å². The molecular formula is C22H14ClF5N4O4. The Kier molecular flexibility index (Phi) is 6.36. The summed E-state index contributed by atoms with van der Waals surface area (Å²) in [6.07, 6.45) is -9.83. The predicted octanol–water partition coefficient (Wildman–Crippen LogP) is 5.09. The summed E-state index contributed by atoms with van der Waals surface area (Å²) in [4.78, 5) is 11.6. The van der Waals surface area contributed by atoms with Gasteiger partial charge in [-0.15, -0.1) is 10.2 Å². The molecule has 2 heterocycles. The van der Waals surface area contributed by atoms with Gasteiger partial charge in [0, 0.05) is 11.1 Å². The van der Waals surface area contributed by atoms with Gasteiger partial charge in [-0.2, -0.15) is 27.2 Å². The Labute approximate surface area is 204 Å². The summed E-state index contributed by atoms with van der Waals surface area (Å²) in [5.41, 5.74) is -0.107. The number of alkyl halides is 5. The van der Waals surface area contributed by atoms with Crippen molar-refractivity contribution in [2.24, 2.45) is 0 Å². The molecular weight excluding hydrogens is 515 g/mol. The number of benzene rings is 2. The summed E-state index contributed by atoms with van der Waals surface area (Å²) in [6.45, 7) is 0. The van der Waals surface area contributed by atoms with Crippen LogP contribution in [0.3, 0.4) is 0 Å². The minimum absolute atomic E-state index is 0.0193. The fraction of sp³-hybridized carbons (Fsp3) is 0.273. The van der Waals surface area contributed by atoms with Crippen molar-refractivity contribution in [3.8, 4) is 17.5 Å². The minimum Gasteiger partial charge on any atom is -0.495 e. The van der Waals surface area contributed by atoms with Crippen LogP contribution in [-0.4, -0.2) is 39.1 Å². The van der Waals surface area contributed by atoms with Crippen LogP contribution in [0.5, 0.6) is 5.75 Å². The van der Waals surface area contributed by atoms with Gasteiger partial charge in [0.1, 0.15) is 18.0 Å². The highest BCUT2D eigenvalue weighted by molar-refractivity contribution is 6.32. The van der Waals surface area contributed by atoms with Gasteiger partial charge in [-0.05, 0) is 24.3 Å². The molecule has 8 nitrogen and oxygen atoms in total. The highest BCUT2D eigenvalue weighted by Crippen LogP contribution is 2.48. The number of hydrogen-bond acceptors (Lipinski definition) is 6. The highest BCUT2D eigenvalue weighted by atomic mass is 35.5. The van der Waals surface area contributed by atoms with Crippen LogP contribution in [0.15, 0.2) is 36.4 Å². The molecule has 0 aliphatic carbocycles. The van der Waals surface area contributed by atoms with E-state index in [1.54, 1.807) is 0 Å². The zero-order chi connectivity index (χ0) is 26.4. The van der Waals surface area contributed by atoms with Crippen LogP contribution in [0.25, 0.3) is 5.69 Å².